The molecule has 0 aliphatic rings. The third-order valence-corrected chi connectivity index (χ3v) is 17.7. The molecule has 0 bridgehead atoms. The zero-order chi connectivity index (χ0) is 59.2. The highest BCUT2D eigenvalue weighted by Gasteiger charge is 2.20. The molecule has 0 aliphatic carbocycles. The zero-order valence-electron chi connectivity index (χ0n) is 55.8. The van der Waals surface area contributed by atoms with Gasteiger partial charge in [0, 0.05) is 12.8 Å². The number of aliphatic hydroxyl groups excluding tert-OH is 2. The standard InChI is InChI=1S/C76H147NO5/c1-3-5-7-9-11-13-15-17-19-21-23-24-25-26-27-30-33-36-40-44-48-52-56-60-64-68-74(79)73(72-78)77-75(80)69-65-61-57-53-49-45-41-37-34-31-28-29-32-35-39-43-47-51-55-59-63-67-71-82-76(81)70-66-62-58-54-50-46-42-38-22-20-18-16-14-12-10-8-6-4-2/h20,22,31,34,73-74,78-79H,3-19,21,23-30,32-33,35-72H2,1-2H3,(H,77,80)/b22-20-,34-31-. The van der Waals surface area contributed by atoms with E-state index in [0.717, 1.165) is 44.9 Å². The van der Waals surface area contributed by atoms with Crippen LogP contribution in [0.4, 0.5) is 0 Å². The molecule has 486 valence electrons. The fraction of sp³-hybridized carbons (Fsp3) is 0.921. The first-order valence-corrected chi connectivity index (χ1v) is 37.6. The van der Waals surface area contributed by atoms with Crippen LogP contribution in [-0.4, -0.2) is 47.4 Å². The third kappa shape index (κ3) is 67.5. The summed E-state index contributed by atoms with van der Waals surface area (Å²) < 4.78 is 5.50. The molecule has 3 N–H and O–H groups in total. The fourth-order valence-electron chi connectivity index (χ4n) is 12.0. The van der Waals surface area contributed by atoms with Gasteiger partial charge in [-0.1, -0.05) is 359 Å². The topological polar surface area (TPSA) is 95.9 Å². The van der Waals surface area contributed by atoms with Crippen LogP contribution in [0.25, 0.3) is 0 Å². The van der Waals surface area contributed by atoms with Crippen LogP contribution in [0.5, 0.6) is 0 Å². The lowest BCUT2D eigenvalue weighted by Crippen LogP contribution is -2.45. The van der Waals surface area contributed by atoms with Crippen LogP contribution in [0.3, 0.4) is 0 Å². The van der Waals surface area contributed by atoms with E-state index < -0.39 is 12.1 Å². The summed E-state index contributed by atoms with van der Waals surface area (Å²) in [7, 11) is 0. The number of hydrogen-bond donors (Lipinski definition) is 3. The Balaban J connectivity index is 3.40. The first-order chi connectivity index (χ1) is 40.5. The normalized spacial score (nSPS) is 12.6. The van der Waals surface area contributed by atoms with Gasteiger partial charge in [-0.2, -0.15) is 0 Å². The van der Waals surface area contributed by atoms with E-state index in [1.807, 2.05) is 0 Å². The van der Waals surface area contributed by atoms with Gasteiger partial charge in [-0.05, 0) is 77.0 Å². The number of amides is 1. The average molecular weight is 1160 g/mol. The first kappa shape index (κ1) is 80.3. The molecule has 6 heteroatoms. The van der Waals surface area contributed by atoms with Crippen molar-refractivity contribution in [2.45, 2.75) is 437 Å². The molecule has 0 rings (SSSR count). The van der Waals surface area contributed by atoms with Gasteiger partial charge in [0.1, 0.15) is 0 Å². The second-order valence-electron chi connectivity index (χ2n) is 26.0. The van der Waals surface area contributed by atoms with Gasteiger partial charge < -0.3 is 20.3 Å². The number of carbonyl (C=O) groups excluding carboxylic acids is 2. The minimum atomic E-state index is -0.671. The molecule has 0 aliphatic heterocycles. The Hall–Kier alpha value is -1.66. The second kappa shape index (κ2) is 71.8. The number of nitrogens with one attached hydrogen (secondary N) is 1. The summed E-state index contributed by atoms with van der Waals surface area (Å²) >= 11 is 0. The Morgan fingerprint density at radius 2 is 0.573 bits per heavy atom. The molecule has 0 heterocycles. The Morgan fingerprint density at radius 1 is 0.329 bits per heavy atom. The van der Waals surface area contributed by atoms with Crippen molar-refractivity contribution >= 4 is 11.9 Å². The Kier molecular flexibility index (Phi) is 70.4. The Labute approximate surface area is 513 Å². The monoisotopic (exact) mass is 1150 g/mol. The van der Waals surface area contributed by atoms with Gasteiger partial charge in [0.25, 0.3) is 0 Å². The highest BCUT2D eigenvalue weighted by Crippen LogP contribution is 2.19. The first-order valence-electron chi connectivity index (χ1n) is 37.6. The van der Waals surface area contributed by atoms with Gasteiger partial charge in [-0.3, -0.25) is 9.59 Å². The molecule has 6 nitrogen and oxygen atoms in total. The van der Waals surface area contributed by atoms with Gasteiger partial charge in [-0.25, -0.2) is 0 Å². The number of esters is 1. The smallest absolute Gasteiger partial charge is 0.305 e. The number of unbranched alkanes of at least 4 members (excludes halogenated alkanes) is 56. The predicted octanol–water partition coefficient (Wildman–Crippen LogP) is 24.5. The van der Waals surface area contributed by atoms with Crippen LogP contribution < -0.4 is 5.32 Å². The van der Waals surface area contributed by atoms with E-state index in [9.17, 15) is 19.8 Å². The molecule has 2 unspecified atom stereocenters. The largest absolute Gasteiger partial charge is 0.466 e. The van der Waals surface area contributed by atoms with Crippen molar-refractivity contribution in [1.29, 1.82) is 0 Å². The van der Waals surface area contributed by atoms with E-state index >= 15 is 0 Å². The number of carbonyl (C=O) groups is 2. The molecule has 0 aromatic heterocycles. The lowest BCUT2D eigenvalue weighted by Gasteiger charge is -2.22. The van der Waals surface area contributed by atoms with Crippen molar-refractivity contribution in [2.75, 3.05) is 13.2 Å². The minimum absolute atomic E-state index is 0.00833. The van der Waals surface area contributed by atoms with Gasteiger partial charge in [0.05, 0.1) is 25.4 Å². The van der Waals surface area contributed by atoms with Crippen LogP contribution in [0.15, 0.2) is 24.3 Å². The van der Waals surface area contributed by atoms with E-state index in [1.165, 1.54) is 347 Å². The SMILES string of the molecule is CCCCCCCCC/C=C\CCCCCCCCCC(=O)OCCCCCCCCCCCCC/C=C\CCCCCCCCCC(=O)NC(CO)C(O)CCCCCCCCCCCCCCCCCCCCCCCCCCC. The van der Waals surface area contributed by atoms with Crippen LogP contribution >= 0.6 is 0 Å². The molecule has 0 spiro atoms. The van der Waals surface area contributed by atoms with E-state index in [-0.39, 0.29) is 18.5 Å². The molecular weight excluding hydrogens is 1010 g/mol. The van der Waals surface area contributed by atoms with Crippen LogP contribution in [-0.2, 0) is 14.3 Å². The summed E-state index contributed by atoms with van der Waals surface area (Å²) in [5, 5.41) is 23.5. The summed E-state index contributed by atoms with van der Waals surface area (Å²) in [5.41, 5.74) is 0. The lowest BCUT2D eigenvalue weighted by atomic mass is 10.0. The molecule has 0 radical (unpaired) electrons. The molecular formula is C76H147NO5. The van der Waals surface area contributed by atoms with Gasteiger partial charge in [0.15, 0.2) is 0 Å². The minimum Gasteiger partial charge on any atom is -0.466 e. The van der Waals surface area contributed by atoms with Crippen molar-refractivity contribution in [3.8, 4) is 0 Å². The summed E-state index contributed by atoms with van der Waals surface area (Å²) in [6, 6.07) is -0.548. The maximum Gasteiger partial charge on any atom is 0.305 e. The predicted molar refractivity (Wildman–Crippen MR) is 361 cm³/mol. The average Bonchev–Trinajstić information content (AvgIpc) is 3.48. The lowest BCUT2D eigenvalue weighted by molar-refractivity contribution is -0.143. The van der Waals surface area contributed by atoms with Crippen molar-refractivity contribution in [3.05, 3.63) is 24.3 Å². The number of rotatable bonds is 71. The van der Waals surface area contributed by atoms with E-state index in [1.54, 1.807) is 0 Å². The van der Waals surface area contributed by atoms with Crippen LogP contribution in [0, 0.1) is 0 Å². The van der Waals surface area contributed by atoms with Crippen LogP contribution in [0.1, 0.15) is 425 Å². The molecule has 0 fully saturated rings. The zero-order valence-corrected chi connectivity index (χ0v) is 55.8. The Morgan fingerprint density at radius 3 is 0.866 bits per heavy atom. The number of ether oxygens (including phenoxy) is 1. The maximum absolute atomic E-state index is 12.6. The van der Waals surface area contributed by atoms with E-state index in [2.05, 4.69) is 43.5 Å². The number of aliphatic hydroxyl groups is 2. The van der Waals surface area contributed by atoms with Crippen molar-refractivity contribution in [2.24, 2.45) is 0 Å². The molecule has 82 heavy (non-hydrogen) atoms. The summed E-state index contributed by atoms with van der Waals surface area (Å²) in [6.45, 7) is 4.99. The molecule has 0 saturated heterocycles. The summed E-state index contributed by atoms with van der Waals surface area (Å²) in [4.78, 5) is 24.7. The molecule has 0 aromatic carbocycles. The number of allylic oxidation sites excluding steroid dienone is 4. The Bertz CT molecular complexity index is 1280. The maximum atomic E-state index is 12.6. The molecule has 1 amide bonds. The highest BCUT2D eigenvalue weighted by molar-refractivity contribution is 5.76. The second-order valence-corrected chi connectivity index (χ2v) is 26.0. The summed E-state index contributed by atoms with van der Waals surface area (Å²) in [5.74, 6) is -0.0285. The van der Waals surface area contributed by atoms with Crippen molar-refractivity contribution in [3.63, 3.8) is 0 Å². The van der Waals surface area contributed by atoms with Gasteiger partial charge >= 0.3 is 5.97 Å². The van der Waals surface area contributed by atoms with Crippen molar-refractivity contribution in [1.82, 2.24) is 5.32 Å². The van der Waals surface area contributed by atoms with Gasteiger partial charge in [0.2, 0.25) is 5.91 Å². The fourth-order valence-corrected chi connectivity index (χ4v) is 12.0. The van der Waals surface area contributed by atoms with Crippen molar-refractivity contribution < 1.29 is 24.5 Å². The van der Waals surface area contributed by atoms with E-state index in [4.69, 9.17) is 4.74 Å². The molecule has 2 atom stereocenters. The highest BCUT2D eigenvalue weighted by atomic mass is 16.5. The van der Waals surface area contributed by atoms with Crippen LogP contribution in [0.2, 0.25) is 0 Å². The number of hydrogen-bond acceptors (Lipinski definition) is 5. The quantitative estimate of drug-likeness (QED) is 0.0320. The molecule has 0 aromatic rings. The van der Waals surface area contributed by atoms with Gasteiger partial charge in [-0.15, -0.1) is 0 Å². The third-order valence-electron chi connectivity index (χ3n) is 17.7. The van der Waals surface area contributed by atoms with E-state index in [0.29, 0.717) is 25.9 Å². The molecule has 0 saturated carbocycles. The summed E-state index contributed by atoms with van der Waals surface area (Å²) in [6.07, 6.45) is 90.9.